The van der Waals surface area contributed by atoms with Gasteiger partial charge in [-0.05, 0) is 55.5 Å². The van der Waals surface area contributed by atoms with E-state index in [4.69, 9.17) is 9.73 Å². The molecular formula is C18H24N2O2. The van der Waals surface area contributed by atoms with Crippen LogP contribution >= 0.6 is 0 Å². The fourth-order valence-corrected chi connectivity index (χ4v) is 2.62. The Labute approximate surface area is 132 Å². The summed E-state index contributed by atoms with van der Waals surface area (Å²) in [5, 5.41) is 3.22. The molecular weight excluding hydrogens is 276 g/mol. The third-order valence-electron chi connectivity index (χ3n) is 3.58. The standard InChI is InChI=1S/C18H24N2O2/c1-13(21)12-19-15-9-16(11-18(2,3)10-15)20-14-5-7-17(22-4)8-6-14/h5-9,19H,10-12H2,1-4H3/b20-16-. The van der Waals surface area contributed by atoms with E-state index >= 15 is 0 Å². The van der Waals surface area contributed by atoms with Crippen molar-refractivity contribution in [1.29, 1.82) is 0 Å². The highest BCUT2D eigenvalue weighted by molar-refractivity contribution is 5.98. The van der Waals surface area contributed by atoms with Crippen LogP contribution in [0.1, 0.15) is 33.6 Å². The summed E-state index contributed by atoms with van der Waals surface area (Å²) in [6.07, 6.45) is 3.92. The van der Waals surface area contributed by atoms with Gasteiger partial charge in [0.25, 0.3) is 0 Å². The van der Waals surface area contributed by atoms with E-state index in [1.54, 1.807) is 14.0 Å². The minimum absolute atomic E-state index is 0.137. The van der Waals surface area contributed by atoms with E-state index in [2.05, 4.69) is 25.2 Å². The first kappa shape index (κ1) is 16.3. The molecule has 1 aromatic carbocycles. The van der Waals surface area contributed by atoms with Gasteiger partial charge in [-0.15, -0.1) is 0 Å². The zero-order chi connectivity index (χ0) is 16.2. The number of nitrogens with one attached hydrogen (secondary N) is 1. The zero-order valence-electron chi connectivity index (χ0n) is 13.8. The van der Waals surface area contributed by atoms with Gasteiger partial charge in [-0.25, -0.2) is 0 Å². The van der Waals surface area contributed by atoms with Crippen LogP contribution in [0.5, 0.6) is 5.75 Å². The maximum absolute atomic E-state index is 11.1. The van der Waals surface area contributed by atoms with Gasteiger partial charge >= 0.3 is 0 Å². The van der Waals surface area contributed by atoms with Crippen molar-refractivity contribution < 1.29 is 9.53 Å². The number of hydrogen-bond acceptors (Lipinski definition) is 4. The number of benzene rings is 1. The van der Waals surface area contributed by atoms with Crippen molar-refractivity contribution in [2.24, 2.45) is 10.4 Å². The average Bonchev–Trinajstić information content (AvgIpc) is 2.44. The number of ketones is 1. The Morgan fingerprint density at radius 1 is 1.27 bits per heavy atom. The third-order valence-corrected chi connectivity index (χ3v) is 3.58. The number of carbonyl (C=O) groups excluding carboxylic acids is 1. The lowest BCUT2D eigenvalue weighted by molar-refractivity contribution is -0.116. The highest BCUT2D eigenvalue weighted by Crippen LogP contribution is 2.34. The van der Waals surface area contributed by atoms with Gasteiger partial charge in [-0.3, -0.25) is 9.79 Å². The maximum atomic E-state index is 11.1. The summed E-state index contributed by atoms with van der Waals surface area (Å²) in [6.45, 7) is 6.41. The summed E-state index contributed by atoms with van der Waals surface area (Å²) >= 11 is 0. The van der Waals surface area contributed by atoms with Crippen LogP contribution in [0.3, 0.4) is 0 Å². The van der Waals surface area contributed by atoms with Crippen LogP contribution in [0, 0.1) is 5.41 Å². The molecule has 0 radical (unpaired) electrons. The molecule has 1 aromatic rings. The predicted octanol–water partition coefficient (Wildman–Crippen LogP) is 3.65. The lowest BCUT2D eigenvalue weighted by Crippen LogP contribution is -2.30. The SMILES string of the molecule is COc1ccc(/N=C2/C=C(NCC(C)=O)CC(C)(C)C2)cc1. The molecule has 0 bridgehead atoms. The molecule has 1 aliphatic carbocycles. The quantitative estimate of drug-likeness (QED) is 0.903. The average molecular weight is 300 g/mol. The molecule has 0 saturated heterocycles. The zero-order valence-corrected chi connectivity index (χ0v) is 13.8. The predicted molar refractivity (Wildman–Crippen MR) is 89.9 cm³/mol. The molecule has 22 heavy (non-hydrogen) atoms. The molecule has 118 valence electrons. The van der Waals surface area contributed by atoms with E-state index in [1.165, 1.54) is 0 Å². The molecule has 0 heterocycles. The lowest BCUT2D eigenvalue weighted by atomic mass is 9.78. The van der Waals surface area contributed by atoms with Crippen molar-refractivity contribution in [2.45, 2.75) is 33.6 Å². The molecule has 0 aliphatic heterocycles. The number of Topliss-reactive ketones (excluding diaryl/α,β-unsaturated/α-hetero) is 1. The molecule has 4 nitrogen and oxygen atoms in total. The number of carbonyl (C=O) groups is 1. The normalized spacial score (nSPS) is 18.7. The van der Waals surface area contributed by atoms with Crippen molar-refractivity contribution in [3.8, 4) is 5.75 Å². The number of rotatable bonds is 5. The van der Waals surface area contributed by atoms with Crippen LogP contribution in [0.4, 0.5) is 5.69 Å². The Kier molecular flexibility index (Phi) is 5.01. The number of ether oxygens (including phenoxy) is 1. The van der Waals surface area contributed by atoms with Crippen LogP contribution in [-0.4, -0.2) is 25.1 Å². The smallest absolute Gasteiger partial charge is 0.148 e. The monoisotopic (exact) mass is 300 g/mol. The molecule has 2 rings (SSSR count). The summed E-state index contributed by atoms with van der Waals surface area (Å²) in [6, 6.07) is 7.71. The first-order valence-electron chi connectivity index (χ1n) is 7.53. The van der Waals surface area contributed by atoms with Crippen molar-refractivity contribution >= 4 is 17.2 Å². The Balaban J connectivity index is 2.20. The summed E-state index contributed by atoms with van der Waals surface area (Å²) in [7, 11) is 1.65. The van der Waals surface area contributed by atoms with Crippen molar-refractivity contribution in [2.75, 3.05) is 13.7 Å². The second kappa shape index (κ2) is 6.77. The number of aliphatic imine (C=N–C) groups is 1. The van der Waals surface area contributed by atoms with Crippen LogP contribution in [0.2, 0.25) is 0 Å². The van der Waals surface area contributed by atoms with E-state index in [1.807, 2.05) is 24.3 Å². The summed E-state index contributed by atoms with van der Waals surface area (Å²) < 4.78 is 5.16. The third kappa shape index (κ3) is 4.72. The topological polar surface area (TPSA) is 50.7 Å². The maximum Gasteiger partial charge on any atom is 0.148 e. The van der Waals surface area contributed by atoms with Gasteiger partial charge in [0, 0.05) is 11.4 Å². The molecule has 0 amide bonds. The molecule has 0 atom stereocenters. The largest absolute Gasteiger partial charge is 0.497 e. The molecule has 4 heteroatoms. The Morgan fingerprint density at radius 3 is 2.55 bits per heavy atom. The molecule has 1 N–H and O–H groups in total. The first-order chi connectivity index (χ1) is 10.4. The Morgan fingerprint density at radius 2 is 1.95 bits per heavy atom. The van der Waals surface area contributed by atoms with Gasteiger partial charge in [0.15, 0.2) is 0 Å². The fraction of sp³-hybridized carbons (Fsp3) is 0.444. The molecule has 0 unspecified atom stereocenters. The molecule has 1 aliphatic rings. The van der Waals surface area contributed by atoms with E-state index < -0.39 is 0 Å². The second-order valence-electron chi connectivity index (χ2n) is 6.54. The second-order valence-corrected chi connectivity index (χ2v) is 6.54. The van der Waals surface area contributed by atoms with Crippen molar-refractivity contribution in [3.63, 3.8) is 0 Å². The van der Waals surface area contributed by atoms with E-state index in [0.717, 1.165) is 35.7 Å². The minimum atomic E-state index is 0.137. The van der Waals surface area contributed by atoms with Crippen molar-refractivity contribution in [3.05, 3.63) is 36.0 Å². The van der Waals surface area contributed by atoms with E-state index in [0.29, 0.717) is 6.54 Å². The van der Waals surface area contributed by atoms with Gasteiger partial charge < -0.3 is 10.1 Å². The van der Waals surface area contributed by atoms with Crippen LogP contribution in [0.25, 0.3) is 0 Å². The highest BCUT2D eigenvalue weighted by atomic mass is 16.5. The summed E-state index contributed by atoms with van der Waals surface area (Å²) in [5.74, 6) is 0.963. The van der Waals surface area contributed by atoms with Gasteiger partial charge in [0.2, 0.25) is 0 Å². The number of allylic oxidation sites excluding steroid dienone is 2. The first-order valence-corrected chi connectivity index (χ1v) is 7.53. The Bertz CT molecular complexity index is 598. The summed E-state index contributed by atoms with van der Waals surface area (Å²) in [4.78, 5) is 15.9. The molecule has 0 fully saturated rings. The van der Waals surface area contributed by atoms with E-state index in [-0.39, 0.29) is 11.2 Å². The number of hydrogen-bond donors (Lipinski definition) is 1. The van der Waals surface area contributed by atoms with E-state index in [9.17, 15) is 4.79 Å². The minimum Gasteiger partial charge on any atom is -0.497 e. The summed E-state index contributed by atoms with van der Waals surface area (Å²) in [5.41, 5.74) is 3.17. The molecule has 0 aromatic heterocycles. The van der Waals surface area contributed by atoms with Crippen LogP contribution in [0.15, 0.2) is 41.0 Å². The van der Waals surface area contributed by atoms with Gasteiger partial charge in [0.05, 0.1) is 19.3 Å². The fourth-order valence-electron chi connectivity index (χ4n) is 2.62. The lowest BCUT2D eigenvalue weighted by Gasteiger charge is -2.31. The van der Waals surface area contributed by atoms with Crippen LogP contribution in [-0.2, 0) is 4.79 Å². The molecule has 0 saturated carbocycles. The van der Waals surface area contributed by atoms with Crippen LogP contribution < -0.4 is 10.1 Å². The van der Waals surface area contributed by atoms with Gasteiger partial charge in [-0.2, -0.15) is 0 Å². The number of nitrogens with zero attached hydrogens (tertiary/aromatic N) is 1. The highest BCUT2D eigenvalue weighted by Gasteiger charge is 2.26. The van der Waals surface area contributed by atoms with Gasteiger partial charge in [-0.1, -0.05) is 13.8 Å². The van der Waals surface area contributed by atoms with Gasteiger partial charge in [0.1, 0.15) is 11.5 Å². The molecule has 0 spiro atoms. The number of methoxy groups -OCH3 is 1. The van der Waals surface area contributed by atoms with Crippen molar-refractivity contribution in [1.82, 2.24) is 5.32 Å². The Hall–Kier alpha value is -2.10.